The number of carbonyl (C=O) groups excluding carboxylic acids is 1. The second-order valence-electron chi connectivity index (χ2n) is 4.84. The Balaban J connectivity index is 1.81. The standard InChI is InChI=1S/C12H19N3O2S/c1-8-7-18-10(14-8)6-15-4-2-9(3-5-15)11(16)12(13)17/h7,9,11,16H,2-6H2,1H3,(H2,13,17). The summed E-state index contributed by atoms with van der Waals surface area (Å²) in [6, 6.07) is 0. The van der Waals surface area contributed by atoms with E-state index in [0.717, 1.165) is 43.2 Å². The topological polar surface area (TPSA) is 79.5 Å². The van der Waals surface area contributed by atoms with Gasteiger partial charge in [0.2, 0.25) is 5.91 Å². The summed E-state index contributed by atoms with van der Waals surface area (Å²) in [6.07, 6.45) is 0.636. The minimum absolute atomic E-state index is 0.0109. The third-order valence-electron chi connectivity index (χ3n) is 3.40. The number of amides is 1. The number of aryl methyl sites for hydroxylation is 1. The van der Waals surface area contributed by atoms with Crippen molar-refractivity contribution >= 4 is 17.2 Å². The average molecular weight is 269 g/mol. The lowest BCUT2D eigenvalue weighted by molar-refractivity contribution is -0.129. The fourth-order valence-electron chi connectivity index (χ4n) is 2.33. The molecule has 1 amide bonds. The van der Waals surface area contributed by atoms with Crippen molar-refractivity contribution in [3.63, 3.8) is 0 Å². The van der Waals surface area contributed by atoms with E-state index < -0.39 is 12.0 Å². The van der Waals surface area contributed by atoms with Crippen molar-refractivity contribution in [3.8, 4) is 0 Å². The maximum atomic E-state index is 10.9. The number of rotatable bonds is 4. The minimum Gasteiger partial charge on any atom is -0.383 e. The highest BCUT2D eigenvalue weighted by Gasteiger charge is 2.28. The van der Waals surface area contributed by atoms with Gasteiger partial charge in [0.05, 0.1) is 6.54 Å². The van der Waals surface area contributed by atoms with Crippen LogP contribution in [0.1, 0.15) is 23.5 Å². The van der Waals surface area contributed by atoms with Crippen LogP contribution in [0.25, 0.3) is 0 Å². The van der Waals surface area contributed by atoms with Crippen molar-refractivity contribution in [3.05, 3.63) is 16.1 Å². The molecule has 3 N–H and O–H groups in total. The summed E-state index contributed by atoms with van der Waals surface area (Å²) >= 11 is 1.68. The number of nitrogens with zero attached hydrogens (tertiary/aromatic N) is 2. The molecule has 0 saturated carbocycles. The second kappa shape index (κ2) is 5.77. The van der Waals surface area contributed by atoms with E-state index in [4.69, 9.17) is 5.73 Å². The number of aromatic nitrogens is 1. The zero-order chi connectivity index (χ0) is 13.1. The smallest absolute Gasteiger partial charge is 0.246 e. The third-order valence-corrected chi connectivity index (χ3v) is 4.35. The van der Waals surface area contributed by atoms with Crippen molar-refractivity contribution < 1.29 is 9.90 Å². The van der Waals surface area contributed by atoms with Crippen molar-refractivity contribution in [1.82, 2.24) is 9.88 Å². The van der Waals surface area contributed by atoms with Gasteiger partial charge in [-0.15, -0.1) is 11.3 Å². The first-order chi connectivity index (χ1) is 8.56. The Morgan fingerprint density at radius 3 is 2.83 bits per heavy atom. The Bertz CT molecular complexity index is 413. The molecule has 6 heteroatoms. The number of thiazole rings is 1. The molecule has 0 aromatic carbocycles. The molecule has 0 bridgehead atoms. The highest BCUT2D eigenvalue weighted by molar-refractivity contribution is 7.09. The van der Waals surface area contributed by atoms with Gasteiger partial charge in [0.25, 0.3) is 0 Å². The lowest BCUT2D eigenvalue weighted by Gasteiger charge is -2.32. The molecule has 1 atom stereocenters. The van der Waals surface area contributed by atoms with E-state index in [1.54, 1.807) is 11.3 Å². The number of carbonyl (C=O) groups is 1. The van der Waals surface area contributed by atoms with E-state index >= 15 is 0 Å². The van der Waals surface area contributed by atoms with Gasteiger partial charge in [-0.3, -0.25) is 9.69 Å². The fraction of sp³-hybridized carbons (Fsp3) is 0.667. The van der Waals surface area contributed by atoms with E-state index in [9.17, 15) is 9.90 Å². The van der Waals surface area contributed by atoms with E-state index in [0.29, 0.717) is 0 Å². The van der Waals surface area contributed by atoms with Crippen LogP contribution in [0.2, 0.25) is 0 Å². The van der Waals surface area contributed by atoms with Crippen LogP contribution in [-0.4, -0.2) is 40.1 Å². The SMILES string of the molecule is Cc1csc(CN2CCC(C(O)C(N)=O)CC2)n1. The van der Waals surface area contributed by atoms with Gasteiger partial charge in [-0.2, -0.15) is 0 Å². The molecule has 0 spiro atoms. The molecule has 1 unspecified atom stereocenters. The highest BCUT2D eigenvalue weighted by Crippen LogP contribution is 2.22. The van der Waals surface area contributed by atoms with Crippen LogP contribution >= 0.6 is 11.3 Å². The molecule has 5 nitrogen and oxygen atoms in total. The summed E-state index contributed by atoms with van der Waals surface area (Å²) < 4.78 is 0. The number of hydrogen-bond acceptors (Lipinski definition) is 5. The van der Waals surface area contributed by atoms with Crippen LogP contribution in [0.3, 0.4) is 0 Å². The summed E-state index contributed by atoms with van der Waals surface area (Å²) in [7, 11) is 0. The molecule has 1 aliphatic rings. The Hall–Kier alpha value is -0.980. The summed E-state index contributed by atoms with van der Waals surface area (Å²) in [4.78, 5) is 17.7. The van der Waals surface area contributed by atoms with E-state index in [1.807, 2.05) is 6.92 Å². The summed E-state index contributed by atoms with van der Waals surface area (Å²) in [5.41, 5.74) is 6.18. The predicted molar refractivity (Wildman–Crippen MR) is 70.1 cm³/mol. The molecule has 2 heterocycles. The normalized spacial score (nSPS) is 19.9. The average Bonchev–Trinajstić information content (AvgIpc) is 2.75. The lowest BCUT2D eigenvalue weighted by Crippen LogP contribution is -2.42. The quantitative estimate of drug-likeness (QED) is 0.834. The number of primary amides is 1. The maximum absolute atomic E-state index is 10.9. The first-order valence-electron chi connectivity index (χ1n) is 6.17. The van der Waals surface area contributed by atoms with Crippen LogP contribution in [0, 0.1) is 12.8 Å². The van der Waals surface area contributed by atoms with Gasteiger partial charge in [-0.25, -0.2) is 4.98 Å². The Morgan fingerprint density at radius 1 is 1.67 bits per heavy atom. The van der Waals surface area contributed by atoms with E-state index in [1.165, 1.54) is 0 Å². The summed E-state index contributed by atoms with van der Waals surface area (Å²) in [6.45, 7) is 4.62. The van der Waals surface area contributed by atoms with Crippen LogP contribution in [0.5, 0.6) is 0 Å². The van der Waals surface area contributed by atoms with Gasteiger partial charge in [-0.1, -0.05) is 0 Å². The third kappa shape index (κ3) is 3.28. The fourth-order valence-corrected chi connectivity index (χ4v) is 3.14. The molecular formula is C12H19N3O2S. The molecule has 1 saturated heterocycles. The summed E-state index contributed by atoms with van der Waals surface area (Å²) in [5.74, 6) is -0.597. The molecule has 1 aromatic rings. The monoisotopic (exact) mass is 269 g/mol. The van der Waals surface area contributed by atoms with Crippen LogP contribution in [-0.2, 0) is 11.3 Å². The number of nitrogens with two attached hydrogens (primary N) is 1. The second-order valence-corrected chi connectivity index (χ2v) is 5.79. The Kier molecular flexibility index (Phi) is 4.31. The van der Waals surface area contributed by atoms with Crippen molar-refractivity contribution in [2.24, 2.45) is 11.7 Å². The van der Waals surface area contributed by atoms with Crippen molar-refractivity contribution in [2.45, 2.75) is 32.4 Å². The van der Waals surface area contributed by atoms with Crippen LogP contribution < -0.4 is 5.73 Å². The molecule has 2 rings (SSSR count). The van der Waals surface area contributed by atoms with E-state index in [-0.39, 0.29) is 5.92 Å². The minimum atomic E-state index is -0.991. The maximum Gasteiger partial charge on any atom is 0.246 e. The number of aliphatic hydroxyl groups is 1. The molecule has 100 valence electrons. The molecule has 1 fully saturated rings. The first-order valence-corrected chi connectivity index (χ1v) is 7.05. The lowest BCUT2D eigenvalue weighted by atomic mass is 9.91. The summed E-state index contributed by atoms with van der Waals surface area (Å²) in [5, 5.41) is 12.8. The zero-order valence-electron chi connectivity index (χ0n) is 10.5. The Morgan fingerprint density at radius 2 is 2.33 bits per heavy atom. The molecule has 18 heavy (non-hydrogen) atoms. The van der Waals surface area contributed by atoms with Gasteiger partial charge >= 0.3 is 0 Å². The van der Waals surface area contributed by atoms with Crippen molar-refractivity contribution in [2.75, 3.05) is 13.1 Å². The number of piperidine rings is 1. The van der Waals surface area contributed by atoms with E-state index in [2.05, 4.69) is 15.3 Å². The highest BCUT2D eigenvalue weighted by atomic mass is 32.1. The van der Waals surface area contributed by atoms with Crippen molar-refractivity contribution in [1.29, 1.82) is 0 Å². The predicted octanol–water partition coefficient (Wildman–Crippen LogP) is 0.510. The molecular weight excluding hydrogens is 250 g/mol. The first kappa shape index (κ1) is 13.5. The molecule has 1 aliphatic heterocycles. The number of aliphatic hydroxyl groups excluding tert-OH is 1. The molecule has 0 radical (unpaired) electrons. The Labute approximate surface area is 111 Å². The number of likely N-dealkylation sites (tertiary alicyclic amines) is 1. The zero-order valence-corrected chi connectivity index (χ0v) is 11.3. The van der Waals surface area contributed by atoms with Crippen LogP contribution in [0.4, 0.5) is 0 Å². The van der Waals surface area contributed by atoms with Gasteiger partial charge < -0.3 is 10.8 Å². The van der Waals surface area contributed by atoms with Gasteiger partial charge in [0, 0.05) is 11.1 Å². The van der Waals surface area contributed by atoms with Crippen LogP contribution in [0.15, 0.2) is 5.38 Å². The molecule has 1 aromatic heterocycles. The number of hydrogen-bond donors (Lipinski definition) is 2. The van der Waals surface area contributed by atoms with Gasteiger partial charge in [-0.05, 0) is 38.8 Å². The van der Waals surface area contributed by atoms with Gasteiger partial charge in [0.15, 0.2) is 0 Å². The largest absolute Gasteiger partial charge is 0.383 e. The van der Waals surface area contributed by atoms with Gasteiger partial charge in [0.1, 0.15) is 11.1 Å². The molecule has 0 aliphatic carbocycles.